The van der Waals surface area contributed by atoms with Gasteiger partial charge in [0.2, 0.25) is 0 Å². The Balaban J connectivity index is 2.45. The van der Waals surface area contributed by atoms with Gasteiger partial charge in [-0.05, 0) is 0 Å². The van der Waals surface area contributed by atoms with Crippen molar-refractivity contribution < 1.29 is 14.6 Å². The minimum Gasteiger partial charge on any atom is -0.364 e. The summed E-state index contributed by atoms with van der Waals surface area (Å²) in [7, 11) is 0. The fraction of sp³-hybridized carbons (Fsp3) is 0.143. The molecule has 1 aromatic rings. The SMILES string of the molecule is NC(=O)c1cc2c(cn1)COO2. The number of carbonyl (C=O) groups is 1. The molecular formula is C7H6N2O3. The van der Waals surface area contributed by atoms with E-state index in [0.717, 1.165) is 5.56 Å². The Kier molecular flexibility index (Phi) is 1.44. The van der Waals surface area contributed by atoms with Gasteiger partial charge in [0.1, 0.15) is 12.3 Å². The highest BCUT2D eigenvalue weighted by Crippen LogP contribution is 2.25. The molecule has 2 N–H and O–H groups in total. The molecule has 1 aliphatic rings. The number of hydrogen-bond donors (Lipinski definition) is 1. The van der Waals surface area contributed by atoms with Gasteiger partial charge in [-0.1, -0.05) is 0 Å². The van der Waals surface area contributed by atoms with Gasteiger partial charge < -0.3 is 10.6 Å². The summed E-state index contributed by atoms with van der Waals surface area (Å²) in [6.07, 6.45) is 1.52. The molecule has 0 aromatic carbocycles. The molecule has 0 fully saturated rings. The zero-order chi connectivity index (χ0) is 8.55. The standard InChI is InChI=1S/C7H6N2O3/c8-7(10)5-1-6-4(2-9-5)3-11-12-6/h1-2H,3H2,(H2,8,10). The van der Waals surface area contributed by atoms with Gasteiger partial charge in [0.05, 0.1) is 0 Å². The van der Waals surface area contributed by atoms with Gasteiger partial charge in [-0.25, -0.2) is 0 Å². The van der Waals surface area contributed by atoms with Crippen LogP contribution in [-0.4, -0.2) is 10.9 Å². The lowest BCUT2D eigenvalue weighted by molar-refractivity contribution is -0.194. The van der Waals surface area contributed by atoms with Gasteiger partial charge in [0, 0.05) is 17.8 Å². The molecule has 0 spiro atoms. The van der Waals surface area contributed by atoms with E-state index in [0.29, 0.717) is 12.4 Å². The lowest BCUT2D eigenvalue weighted by Crippen LogP contribution is -2.12. The first-order chi connectivity index (χ1) is 5.77. The van der Waals surface area contributed by atoms with Crippen LogP contribution in [-0.2, 0) is 11.5 Å². The average Bonchev–Trinajstić information content (AvgIpc) is 2.49. The van der Waals surface area contributed by atoms with Crippen molar-refractivity contribution in [3.8, 4) is 5.75 Å². The maximum Gasteiger partial charge on any atom is 0.267 e. The van der Waals surface area contributed by atoms with Gasteiger partial charge in [0.25, 0.3) is 5.91 Å². The van der Waals surface area contributed by atoms with E-state index < -0.39 is 5.91 Å². The van der Waals surface area contributed by atoms with Crippen molar-refractivity contribution in [1.82, 2.24) is 4.98 Å². The quantitative estimate of drug-likeness (QED) is 0.596. The molecule has 5 nitrogen and oxygen atoms in total. The number of primary amides is 1. The molecule has 1 amide bonds. The number of fused-ring (bicyclic) bond motifs is 1. The maximum atomic E-state index is 10.7. The Morgan fingerprint density at radius 1 is 1.67 bits per heavy atom. The summed E-state index contributed by atoms with van der Waals surface area (Å²) in [6.45, 7) is 0.362. The molecule has 0 saturated carbocycles. The van der Waals surface area contributed by atoms with Crippen LogP contribution in [0.2, 0.25) is 0 Å². The molecule has 2 rings (SSSR count). The summed E-state index contributed by atoms with van der Waals surface area (Å²) in [4.78, 5) is 23.9. The number of aromatic nitrogens is 1. The first kappa shape index (κ1) is 7.05. The topological polar surface area (TPSA) is 74.4 Å². The Hall–Kier alpha value is -1.62. The summed E-state index contributed by atoms with van der Waals surface area (Å²) < 4.78 is 0. The number of carbonyl (C=O) groups excluding carboxylic acids is 1. The summed E-state index contributed by atoms with van der Waals surface area (Å²) in [5.41, 5.74) is 6.01. The van der Waals surface area contributed by atoms with E-state index in [-0.39, 0.29) is 5.69 Å². The molecular weight excluding hydrogens is 160 g/mol. The molecule has 5 heteroatoms. The number of amides is 1. The highest BCUT2D eigenvalue weighted by Gasteiger charge is 2.16. The second kappa shape index (κ2) is 2.46. The first-order valence-electron chi connectivity index (χ1n) is 3.35. The van der Waals surface area contributed by atoms with Crippen LogP contribution in [0.3, 0.4) is 0 Å². The summed E-state index contributed by atoms with van der Waals surface area (Å²) in [5, 5.41) is 0. The van der Waals surface area contributed by atoms with Crippen LogP contribution in [0, 0.1) is 0 Å². The fourth-order valence-corrected chi connectivity index (χ4v) is 0.942. The first-order valence-corrected chi connectivity index (χ1v) is 3.35. The lowest BCUT2D eigenvalue weighted by atomic mass is 10.2. The number of nitrogens with two attached hydrogens (primary N) is 1. The van der Waals surface area contributed by atoms with Crippen molar-refractivity contribution >= 4 is 5.91 Å². The Bertz CT molecular complexity index is 337. The molecule has 0 saturated heterocycles. The monoisotopic (exact) mass is 166 g/mol. The Morgan fingerprint density at radius 3 is 3.25 bits per heavy atom. The number of hydrogen-bond acceptors (Lipinski definition) is 4. The van der Waals surface area contributed by atoms with Crippen LogP contribution in [0.25, 0.3) is 0 Å². The molecule has 62 valence electrons. The molecule has 12 heavy (non-hydrogen) atoms. The molecule has 0 radical (unpaired) electrons. The largest absolute Gasteiger partial charge is 0.364 e. The van der Waals surface area contributed by atoms with Crippen LogP contribution in [0.5, 0.6) is 5.75 Å². The van der Waals surface area contributed by atoms with Crippen LogP contribution in [0.1, 0.15) is 16.1 Å². The zero-order valence-electron chi connectivity index (χ0n) is 6.11. The van der Waals surface area contributed by atoms with Crippen molar-refractivity contribution in [2.45, 2.75) is 6.61 Å². The van der Waals surface area contributed by atoms with Gasteiger partial charge in [-0.15, -0.1) is 0 Å². The minimum absolute atomic E-state index is 0.180. The second-order valence-corrected chi connectivity index (χ2v) is 2.39. The van der Waals surface area contributed by atoms with Crippen molar-refractivity contribution in [3.63, 3.8) is 0 Å². The molecule has 0 atom stereocenters. The molecule has 0 bridgehead atoms. The van der Waals surface area contributed by atoms with Crippen molar-refractivity contribution in [3.05, 3.63) is 23.5 Å². The fourth-order valence-electron chi connectivity index (χ4n) is 0.942. The molecule has 0 aliphatic carbocycles. The molecule has 2 heterocycles. The Morgan fingerprint density at radius 2 is 2.50 bits per heavy atom. The van der Waals surface area contributed by atoms with E-state index in [9.17, 15) is 4.79 Å². The third kappa shape index (κ3) is 0.998. The summed E-state index contributed by atoms with van der Waals surface area (Å²) in [5.74, 6) is -0.0629. The number of pyridine rings is 1. The van der Waals surface area contributed by atoms with Crippen molar-refractivity contribution in [2.24, 2.45) is 5.73 Å². The molecule has 0 unspecified atom stereocenters. The number of rotatable bonds is 1. The van der Waals surface area contributed by atoms with E-state index in [4.69, 9.17) is 10.6 Å². The minimum atomic E-state index is -0.576. The van der Waals surface area contributed by atoms with E-state index in [2.05, 4.69) is 9.87 Å². The summed E-state index contributed by atoms with van der Waals surface area (Å²) in [6, 6.07) is 1.46. The number of nitrogens with zero attached hydrogens (tertiary/aromatic N) is 1. The summed E-state index contributed by atoms with van der Waals surface area (Å²) >= 11 is 0. The smallest absolute Gasteiger partial charge is 0.267 e. The predicted molar refractivity (Wildman–Crippen MR) is 38.2 cm³/mol. The van der Waals surface area contributed by atoms with Gasteiger partial charge in [-0.3, -0.25) is 9.78 Å². The van der Waals surface area contributed by atoms with E-state index in [1.165, 1.54) is 12.3 Å². The van der Waals surface area contributed by atoms with Crippen LogP contribution in [0.15, 0.2) is 12.3 Å². The highest BCUT2D eigenvalue weighted by molar-refractivity contribution is 5.91. The van der Waals surface area contributed by atoms with Crippen LogP contribution in [0.4, 0.5) is 0 Å². The van der Waals surface area contributed by atoms with Gasteiger partial charge >= 0.3 is 0 Å². The highest BCUT2D eigenvalue weighted by atomic mass is 17.2. The molecule has 1 aromatic heterocycles. The van der Waals surface area contributed by atoms with E-state index >= 15 is 0 Å². The van der Waals surface area contributed by atoms with E-state index in [1.807, 2.05) is 0 Å². The van der Waals surface area contributed by atoms with Gasteiger partial charge in [0.15, 0.2) is 5.75 Å². The average molecular weight is 166 g/mol. The lowest BCUT2D eigenvalue weighted by Gasteiger charge is -1.96. The zero-order valence-corrected chi connectivity index (χ0v) is 6.11. The van der Waals surface area contributed by atoms with Crippen molar-refractivity contribution in [1.29, 1.82) is 0 Å². The maximum absolute atomic E-state index is 10.7. The third-order valence-corrected chi connectivity index (χ3v) is 1.56. The third-order valence-electron chi connectivity index (χ3n) is 1.56. The molecule has 1 aliphatic heterocycles. The Labute approximate surface area is 68.0 Å². The van der Waals surface area contributed by atoms with Gasteiger partial charge in [-0.2, -0.15) is 4.89 Å². The van der Waals surface area contributed by atoms with Crippen LogP contribution >= 0.6 is 0 Å². The normalized spacial score (nSPS) is 13.7. The second-order valence-electron chi connectivity index (χ2n) is 2.39. The van der Waals surface area contributed by atoms with E-state index in [1.54, 1.807) is 0 Å². The predicted octanol–water partition coefficient (Wildman–Crippen LogP) is 0.00450. The van der Waals surface area contributed by atoms with Crippen LogP contribution < -0.4 is 10.6 Å². The van der Waals surface area contributed by atoms with Crippen molar-refractivity contribution in [2.75, 3.05) is 0 Å².